The van der Waals surface area contributed by atoms with Crippen molar-refractivity contribution in [3.63, 3.8) is 0 Å². The molecule has 0 heterocycles. The standard InChI is InChI=1S/C14H16N2O2/c1-14(2,3)18-13(17)16-12-7-5-11(6-8-12)9-10-15-4/h5-10H,1-3H3,(H,16,17). The zero-order valence-electron chi connectivity index (χ0n) is 10.7. The molecule has 0 aliphatic rings. The number of carbonyl (C=O) groups is 1. The quantitative estimate of drug-likeness (QED) is 0.801. The van der Waals surface area contributed by atoms with Crippen LogP contribution in [0.4, 0.5) is 10.5 Å². The molecular weight excluding hydrogens is 228 g/mol. The van der Waals surface area contributed by atoms with Crippen LogP contribution in [-0.2, 0) is 4.74 Å². The summed E-state index contributed by atoms with van der Waals surface area (Å²) in [5, 5.41) is 2.64. The zero-order chi connectivity index (χ0) is 13.6. The van der Waals surface area contributed by atoms with Gasteiger partial charge >= 0.3 is 6.09 Å². The van der Waals surface area contributed by atoms with Crippen LogP contribution in [0.3, 0.4) is 0 Å². The number of hydrogen-bond acceptors (Lipinski definition) is 2. The van der Waals surface area contributed by atoms with Gasteiger partial charge in [0.2, 0.25) is 0 Å². The second-order valence-corrected chi connectivity index (χ2v) is 4.69. The molecule has 0 aliphatic heterocycles. The summed E-state index contributed by atoms with van der Waals surface area (Å²) >= 11 is 0. The normalized spacial score (nSPS) is 11.0. The molecule has 1 amide bonds. The van der Waals surface area contributed by atoms with Gasteiger partial charge in [0.1, 0.15) is 5.60 Å². The van der Waals surface area contributed by atoms with Crippen molar-refractivity contribution in [2.75, 3.05) is 5.32 Å². The molecule has 0 fully saturated rings. The minimum absolute atomic E-state index is 0.480. The molecule has 0 bridgehead atoms. The lowest BCUT2D eigenvalue weighted by Crippen LogP contribution is -2.27. The fourth-order valence-electron chi connectivity index (χ4n) is 1.22. The van der Waals surface area contributed by atoms with E-state index in [9.17, 15) is 4.79 Å². The smallest absolute Gasteiger partial charge is 0.412 e. The summed E-state index contributed by atoms with van der Waals surface area (Å²) in [6, 6.07) is 7.14. The van der Waals surface area contributed by atoms with E-state index < -0.39 is 11.7 Å². The van der Waals surface area contributed by atoms with Crippen molar-refractivity contribution >= 4 is 17.9 Å². The SMILES string of the molecule is [C-]#[N+]C=Cc1ccc(NC(=O)OC(C)(C)C)cc1. The number of benzene rings is 1. The first kappa shape index (κ1) is 13.8. The molecule has 1 aromatic rings. The molecule has 1 N–H and O–H groups in total. The third-order valence-electron chi connectivity index (χ3n) is 1.90. The zero-order valence-corrected chi connectivity index (χ0v) is 10.7. The lowest BCUT2D eigenvalue weighted by Gasteiger charge is -2.19. The van der Waals surface area contributed by atoms with E-state index in [1.807, 2.05) is 32.9 Å². The minimum atomic E-state index is -0.512. The Bertz CT molecular complexity index is 476. The summed E-state index contributed by atoms with van der Waals surface area (Å²) in [4.78, 5) is 14.6. The van der Waals surface area contributed by atoms with Gasteiger partial charge in [0.05, 0.1) is 6.57 Å². The molecule has 4 heteroatoms. The van der Waals surface area contributed by atoms with E-state index in [0.29, 0.717) is 5.69 Å². The molecule has 0 aliphatic carbocycles. The fraction of sp³-hybridized carbons (Fsp3) is 0.286. The molecule has 0 saturated heterocycles. The van der Waals surface area contributed by atoms with Crippen LogP contribution in [0.15, 0.2) is 30.5 Å². The van der Waals surface area contributed by atoms with Crippen molar-refractivity contribution in [3.8, 4) is 0 Å². The van der Waals surface area contributed by atoms with E-state index in [2.05, 4.69) is 10.2 Å². The number of amides is 1. The summed E-state index contributed by atoms with van der Waals surface area (Å²) in [5.41, 5.74) is 1.05. The first-order valence-electron chi connectivity index (χ1n) is 5.54. The average molecular weight is 244 g/mol. The number of nitrogens with zero attached hydrogens (tertiary/aromatic N) is 1. The second kappa shape index (κ2) is 5.87. The molecule has 0 radical (unpaired) electrons. The Morgan fingerprint density at radius 3 is 2.44 bits per heavy atom. The summed E-state index contributed by atoms with van der Waals surface area (Å²) in [6.07, 6.45) is 2.60. The Morgan fingerprint density at radius 2 is 1.94 bits per heavy atom. The van der Waals surface area contributed by atoms with Crippen LogP contribution in [-0.4, -0.2) is 11.7 Å². The molecule has 94 valence electrons. The van der Waals surface area contributed by atoms with Gasteiger partial charge in [-0.25, -0.2) is 9.64 Å². The van der Waals surface area contributed by atoms with Crippen molar-refractivity contribution in [1.82, 2.24) is 0 Å². The number of ether oxygens (including phenoxy) is 1. The second-order valence-electron chi connectivity index (χ2n) is 4.69. The van der Waals surface area contributed by atoms with Gasteiger partial charge in [0.15, 0.2) is 6.20 Å². The predicted molar refractivity (Wildman–Crippen MR) is 71.9 cm³/mol. The lowest BCUT2D eigenvalue weighted by atomic mass is 10.2. The summed E-state index contributed by atoms with van der Waals surface area (Å²) in [6.45, 7) is 12.1. The van der Waals surface area contributed by atoms with Crippen LogP contribution in [0.2, 0.25) is 0 Å². The molecule has 0 saturated carbocycles. The highest BCUT2D eigenvalue weighted by Crippen LogP contribution is 2.13. The van der Waals surface area contributed by atoms with E-state index in [1.54, 1.807) is 18.2 Å². The van der Waals surface area contributed by atoms with Crippen LogP contribution >= 0.6 is 0 Å². The van der Waals surface area contributed by atoms with Crippen LogP contribution in [0, 0.1) is 6.57 Å². The molecule has 0 atom stereocenters. The monoisotopic (exact) mass is 244 g/mol. The summed E-state index contributed by atoms with van der Waals surface area (Å²) in [5.74, 6) is 0. The van der Waals surface area contributed by atoms with Crippen molar-refractivity contribution < 1.29 is 9.53 Å². The van der Waals surface area contributed by atoms with Gasteiger partial charge < -0.3 is 4.74 Å². The number of nitrogens with one attached hydrogen (secondary N) is 1. The van der Waals surface area contributed by atoms with Gasteiger partial charge in [-0.15, -0.1) is 0 Å². The Balaban J connectivity index is 2.62. The maximum absolute atomic E-state index is 11.5. The van der Waals surface area contributed by atoms with Crippen molar-refractivity contribution in [1.29, 1.82) is 0 Å². The average Bonchev–Trinajstić information content (AvgIpc) is 2.25. The molecule has 0 spiro atoms. The topological polar surface area (TPSA) is 42.7 Å². The van der Waals surface area contributed by atoms with E-state index in [0.717, 1.165) is 5.56 Å². The van der Waals surface area contributed by atoms with Gasteiger partial charge in [0.25, 0.3) is 0 Å². The highest BCUT2D eigenvalue weighted by atomic mass is 16.6. The molecule has 0 unspecified atom stereocenters. The Hall–Kier alpha value is -2.28. The van der Waals surface area contributed by atoms with E-state index in [1.165, 1.54) is 6.20 Å². The van der Waals surface area contributed by atoms with E-state index in [-0.39, 0.29) is 0 Å². The van der Waals surface area contributed by atoms with Crippen molar-refractivity contribution in [2.45, 2.75) is 26.4 Å². The fourth-order valence-corrected chi connectivity index (χ4v) is 1.22. The molecule has 4 nitrogen and oxygen atoms in total. The van der Waals surface area contributed by atoms with Crippen LogP contribution in [0.5, 0.6) is 0 Å². The van der Waals surface area contributed by atoms with Crippen molar-refractivity contribution in [3.05, 3.63) is 47.4 Å². The van der Waals surface area contributed by atoms with E-state index >= 15 is 0 Å². The molecule has 1 rings (SSSR count). The van der Waals surface area contributed by atoms with Gasteiger partial charge in [-0.3, -0.25) is 5.32 Å². The van der Waals surface area contributed by atoms with Gasteiger partial charge in [-0.1, -0.05) is 18.2 Å². The number of anilines is 1. The Kier molecular flexibility index (Phi) is 4.50. The molecule has 1 aromatic carbocycles. The predicted octanol–water partition coefficient (Wildman–Crippen LogP) is 3.92. The number of rotatable bonds is 2. The first-order valence-corrected chi connectivity index (χ1v) is 5.54. The largest absolute Gasteiger partial charge is 0.444 e. The molecule has 0 aromatic heterocycles. The summed E-state index contributed by atoms with van der Waals surface area (Å²) in [7, 11) is 0. The first-order chi connectivity index (χ1) is 8.40. The maximum Gasteiger partial charge on any atom is 0.412 e. The van der Waals surface area contributed by atoms with Crippen LogP contribution < -0.4 is 5.32 Å². The number of hydrogen-bond donors (Lipinski definition) is 1. The van der Waals surface area contributed by atoms with Crippen molar-refractivity contribution in [2.24, 2.45) is 0 Å². The Morgan fingerprint density at radius 1 is 1.33 bits per heavy atom. The third kappa shape index (κ3) is 5.17. The molecule has 18 heavy (non-hydrogen) atoms. The maximum atomic E-state index is 11.5. The van der Waals surface area contributed by atoms with Gasteiger partial charge in [0, 0.05) is 5.69 Å². The highest BCUT2D eigenvalue weighted by Gasteiger charge is 2.15. The molecular formula is C14H16N2O2. The third-order valence-corrected chi connectivity index (χ3v) is 1.90. The van der Waals surface area contributed by atoms with Crippen LogP contribution in [0.1, 0.15) is 26.3 Å². The highest BCUT2D eigenvalue weighted by molar-refractivity contribution is 5.85. The number of carbonyl (C=O) groups excluding carboxylic acids is 1. The van der Waals surface area contributed by atoms with Gasteiger partial charge in [-0.2, -0.15) is 0 Å². The lowest BCUT2D eigenvalue weighted by molar-refractivity contribution is 0.0636. The van der Waals surface area contributed by atoms with Gasteiger partial charge in [-0.05, 0) is 38.5 Å². The minimum Gasteiger partial charge on any atom is -0.444 e. The van der Waals surface area contributed by atoms with E-state index in [4.69, 9.17) is 11.3 Å². The van der Waals surface area contributed by atoms with Crippen LogP contribution in [0.25, 0.3) is 10.9 Å². The Labute approximate surface area is 107 Å². The summed E-state index contributed by atoms with van der Waals surface area (Å²) < 4.78 is 5.13.